The summed E-state index contributed by atoms with van der Waals surface area (Å²) in [6.07, 6.45) is 15.9. The van der Waals surface area contributed by atoms with Gasteiger partial charge in [-0.25, -0.2) is 9.97 Å². The van der Waals surface area contributed by atoms with Gasteiger partial charge in [0.2, 0.25) is 0 Å². The minimum atomic E-state index is 0.430. The molecule has 0 saturated carbocycles. The molecule has 0 unspecified atom stereocenters. The van der Waals surface area contributed by atoms with Crippen LogP contribution in [0.5, 0.6) is 0 Å². The summed E-state index contributed by atoms with van der Waals surface area (Å²) in [6.45, 7) is 8.89. The normalized spacial score (nSPS) is 12.3. The van der Waals surface area contributed by atoms with E-state index in [1.54, 1.807) is 12.4 Å². The first kappa shape index (κ1) is 33.2. The number of nitrogens with zero attached hydrogens (tertiary/aromatic N) is 4. The lowest BCUT2D eigenvalue weighted by atomic mass is 9.98. The third kappa shape index (κ3) is 6.05. The Morgan fingerprint density at radius 3 is 1.02 bits per heavy atom. The molecule has 0 radical (unpaired) electrons. The van der Waals surface area contributed by atoms with Crippen LogP contribution in [0.3, 0.4) is 0 Å². The molecule has 0 amide bonds. The molecule has 2 aliphatic rings. The van der Waals surface area contributed by atoms with Crippen LogP contribution < -0.4 is 0 Å². The maximum atomic E-state index is 5.39. The molecule has 6 nitrogen and oxygen atoms in total. The highest BCUT2D eigenvalue weighted by molar-refractivity contribution is 5.99. The second-order valence-corrected chi connectivity index (χ2v) is 14.5. The molecule has 6 heteroatoms. The molecule has 5 aromatic heterocycles. The number of aromatic amines is 2. The Kier molecular flexibility index (Phi) is 8.43. The fourth-order valence-corrected chi connectivity index (χ4v) is 7.51. The second kappa shape index (κ2) is 13.7. The molecule has 0 saturated heterocycles. The van der Waals surface area contributed by atoms with Crippen LogP contribution in [-0.4, -0.2) is 29.9 Å². The molecular weight excluding hydrogens is 661 g/mol. The van der Waals surface area contributed by atoms with Gasteiger partial charge >= 0.3 is 0 Å². The Morgan fingerprint density at radius 1 is 0.389 bits per heavy atom. The molecule has 0 spiro atoms. The fraction of sp³-hybridized carbons (Fsp3) is 0.125. The van der Waals surface area contributed by atoms with E-state index in [-0.39, 0.29) is 0 Å². The fourth-order valence-electron chi connectivity index (χ4n) is 7.51. The quantitative estimate of drug-likeness (QED) is 0.181. The molecule has 0 atom stereocenters. The Bertz CT molecular complexity index is 2540. The molecular formula is C48H40N6. The van der Waals surface area contributed by atoms with Crippen molar-refractivity contribution in [1.82, 2.24) is 29.9 Å². The largest absolute Gasteiger partial charge is 0.354 e. The lowest BCUT2D eigenvalue weighted by Gasteiger charge is -2.09. The lowest BCUT2D eigenvalue weighted by Crippen LogP contribution is -1.91. The van der Waals surface area contributed by atoms with E-state index < -0.39 is 0 Å². The highest BCUT2D eigenvalue weighted by Gasteiger charge is 2.19. The van der Waals surface area contributed by atoms with Gasteiger partial charge in [0.15, 0.2) is 0 Å². The van der Waals surface area contributed by atoms with Crippen LogP contribution in [0.25, 0.3) is 90.9 Å². The van der Waals surface area contributed by atoms with Gasteiger partial charge < -0.3 is 9.97 Å². The van der Waals surface area contributed by atoms with Gasteiger partial charge in [-0.15, -0.1) is 0 Å². The Morgan fingerprint density at radius 2 is 0.722 bits per heavy atom. The molecule has 2 aromatic carbocycles. The average Bonchev–Trinajstić information content (AvgIpc) is 4.04. The molecule has 0 aliphatic carbocycles. The number of benzene rings is 2. The average molecular weight is 701 g/mol. The highest BCUT2D eigenvalue weighted by Crippen LogP contribution is 2.38. The molecule has 262 valence electrons. The van der Waals surface area contributed by atoms with E-state index >= 15 is 0 Å². The van der Waals surface area contributed by atoms with Crippen molar-refractivity contribution in [3.05, 3.63) is 156 Å². The topological polar surface area (TPSA) is 83.1 Å². The second-order valence-electron chi connectivity index (χ2n) is 14.5. The van der Waals surface area contributed by atoms with Crippen LogP contribution >= 0.6 is 0 Å². The summed E-state index contributed by atoms with van der Waals surface area (Å²) in [7, 11) is 0. The first-order valence-electron chi connectivity index (χ1n) is 18.6. The van der Waals surface area contributed by atoms with Crippen molar-refractivity contribution >= 4 is 46.4 Å². The van der Waals surface area contributed by atoms with Gasteiger partial charge in [-0.1, -0.05) is 88.4 Å². The molecule has 9 rings (SSSR count). The summed E-state index contributed by atoms with van der Waals surface area (Å²) in [6, 6.07) is 34.5. The van der Waals surface area contributed by atoms with E-state index in [2.05, 4.69) is 157 Å². The highest BCUT2D eigenvalue weighted by atomic mass is 14.8. The van der Waals surface area contributed by atoms with Crippen molar-refractivity contribution in [2.75, 3.05) is 0 Å². The third-order valence-corrected chi connectivity index (χ3v) is 10.4. The third-order valence-electron chi connectivity index (χ3n) is 10.4. The van der Waals surface area contributed by atoms with Gasteiger partial charge in [-0.3, -0.25) is 9.97 Å². The number of hydrogen-bond acceptors (Lipinski definition) is 4. The van der Waals surface area contributed by atoms with Crippen molar-refractivity contribution in [1.29, 1.82) is 0 Å². The molecule has 7 aromatic rings. The minimum Gasteiger partial charge on any atom is -0.354 e. The summed E-state index contributed by atoms with van der Waals surface area (Å²) in [5, 5.41) is 0. The Hall–Kier alpha value is -6.66. The number of H-pyrrole nitrogens is 2. The number of fused-ring (bicyclic) bond motifs is 8. The first-order chi connectivity index (χ1) is 26.4. The Labute approximate surface area is 315 Å². The number of hydrogen-bond donors (Lipinski definition) is 2. The van der Waals surface area contributed by atoms with Crippen LogP contribution in [0.15, 0.2) is 122 Å². The van der Waals surface area contributed by atoms with Gasteiger partial charge in [0.25, 0.3) is 0 Å². The van der Waals surface area contributed by atoms with Gasteiger partial charge in [0.1, 0.15) is 0 Å². The van der Waals surface area contributed by atoms with E-state index in [9.17, 15) is 0 Å². The van der Waals surface area contributed by atoms with Crippen molar-refractivity contribution in [2.24, 2.45) is 0 Å². The zero-order valence-electron chi connectivity index (χ0n) is 30.8. The molecule has 2 aliphatic heterocycles. The molecule has 54 heavy (non-hydrogen) atoms. The van der Waals surface area contributed by atoms with Gasteiger partial charge in [0, 0.05) is 80.2 Å². The summed E-state index contributed by atoms with van der Waals surface area (Å²) in [5.41, 5.74) is 18.0. The first-order valence-corrected chi connectivity index (χ1v) is 18.6. The van der Waals surface area contributed by atoms with E-state index in [0.29, 0.717) is 11.8 Å². The molecule has 8 bridgehead atoms. The number of pyridine rings is 2. The predicted molar refractivity (Wildman–Crippen MR) is 224 cm³/mol. The molecule has 0 fully saturated rings. The minimum absolute atomic E-state index is 0.430. The zero-order valence-corrected chi connectivity index (χ0v) is 30.8. The molecule has 7 heterocycles. The zero-order chi connectivity index (χ0) is 36.8. The number of aromatic nitrogens is 6. The van der Waals surface area contributed by atoms with Crippen LogP contribution in [0.4, 0.5) is 0 Å². The van der Waals surface area contributed by atoms with Gasteiger partial charge in [-0.05, 0) is 94.8 Å². The van der Waals surface area contributed by atoms with E-state index in [0.717, 1.165) is 89.4 Å². The lowest BCUT2D eigenvalue weighted by molar-refractivity contribution is 0.867. The summed E-state index contributed by atoms with van der Waals surface area (Å²) in [5.74, 6) is 0.861. The van der Waals surface area contributed by atoms with Crippen LogP contribution in [-0.2, 0) is 0 Å². The standard InChI is InChI=1S/C48H40N6/c1-29(2)31-9-13-33(14-10-31)45-37-17-21-41(51-37)47(35-7-5-25-49-27-35)43-23-19-39(53-43)46(34-15-11-32(12-16-34)30(3)4)40-20-24-44(54-40)48(36-8-6-26-50-28-36)42-22-18-38(45)52-42/h5-30,51,54H,1-4H3. The predicted octanol–water partition coefficient (Wildman–Crippen LogP) is 12.4. The number of rotatable bonds is 6. The van der Waals surface area contributed by atoms with Crippen molar-refractivity contribution < 1.29 is 0 Å². The SMILES string of the molecule is CC(C)c1ccc(-c2c3nc(c(-c4cccnc4)c4ccc([nH]4)c(-c4ccc(C(C)C)cc4)c4nc(c(-c5cccnc5)c5ccc2[nH]5)C=C4)C=C3)cc1. The smallest absolute Gasteiger partial charge is 0.0737 e. The summed E-state index contributed by atoms with van der Waals surface area (Å²) >= 11 is 0. The maximum Gasteiger partial charge on any atom is 0.0737 e. The van der Waals surface area contributed by atoms with Crippen LogP contribution in [0.2, 0.25) is 0 Å². The summed E-state index contributed by atoms with van der Waals surface area (Å²) < 4.78 is 0. The van der Waals surface area contributed by atoms with E-state index in [1.807, 2.05) is 24.5 Å². The van der Waals surface area contributed by atoms with Crippen molar-refractivity contribution in [3.8, 4) is 44.5 Å². The van der Waals surface area contributed by atoms with Gasteiger partial charge in [-0.2, -0.15) is 0 Å². The molecule has 2 N–H and O–H groups in total. The maximum absolute atomic E-state index is 5.39. The van der Waals surface area contributed by atoms with Crippen molar-refractivity contribution in [3.63, 3.8) is 0 Å². The van der Waals surface area contributed by atoms with Crippen molar-refractivity contribution in [2.45, 2.75) is 39.5 Å². The number of nitrogens with one attached hydrogen (secondary N) is 2. The Balaban J connectivity index is 1.44. The van der Waals surface area contributed by atoms with E-state index in [1.165, 1.54) is 11.1 Å². The monoisotopic (exact) mass is 700 g/mol. The van der Waals surface area contributed by atoms with Gasteiger partial charge in [0.05, 0.1) is 22.8 Å². The van der Waals surface area contributed by atoms with Crippen LogP contribution in [0, 0.1) is 0 Å². The summed E-state index contributed by atoms with van der Waals surface area (Å²) in [4.78, 5) is 27.5. The van der Waals surface area contributed by atoms with E-state index in [4.69, 9.17) is 9.97 Å². The van der Waals surface area contributed by atoms with Crippen LogP contribution in [0.1, 0.15) is 73.4 Å².